The lowest BCUT2D eigenvalue weighted by atomic mass is 10.3. The van der Waals surface area contributed by atoms with Crippen LogP contribution in [-0.4, -0.2) is 31.3 Å². The van der Waals surface area contributed by atoms with E-state index in [-0.39, 0.29) is 12.6 Å². The third-order valence-electron chi connectivity index (χ3n) is 1.18. The minimum absolute atomic E-state index is 0.180. The van der Waals surface area contributed by atoms with E-state index < -0.39 is 18.8 Å². The van der Waals surface area contributed by atoms with Crippen molar-refractivity contribution in [2.75, 3.05) is 13.1 Å². The van der Waals surface area contributed by atoms with Crippen LogP contribution in [-0.2, 0) is 0 Å². The summed E-state index contributed by atoms with van der Waals surface area (Å²) in [6.45, 7) is 0.433. The van der Waals surface area contributed by atoms with Crippen LogP contribution >= 0.6 is 0 Å². The van der Waals surface area contributed by atoms with E-state index in [2.05, 4.69) is 5.32 Å². The lowest BCUT2D eigenvalue weighted by Crippen LogP contribution is -2.46. The first-order valence-corrected chi connectivity index (χ1v) is 3.66. The fourth-order valence-corrected chi connectivity index (χ4v) is 0.514. The van der Waals surface area contributed by atoms with Crippen molar-refractivity contribution in [2.24, 2.45) is 5.73 Å². The van der Waals surface area contributed by atoms with Gasteiger partial charge >= 0.3 is 12.2 Å². The summed E-state index contributed by atoms with van der Waals surface area (Å²) < 4.78 is 34.7. The van der Waals surface area contributed by atoms with Gasteiger partial charge in [0.15, 0.2) is 0 Å². The van der Waals surface area contributed by atoms with Gasteiger partial charge in [-0.2, -0.15) is 13.2 Å². The maximum absolute atomic E-state index is 11.6. The molecule has 0 bridgehead atoms. The molecule has 13 heavy (non-hydrogen) atoms. The van der Waals surface area contributed by atoms with E-state index in [1.54, 1.807) is 12.2 Å². The van der Waals surface area contributed by atoms with Gasteiger partial charge in [-0.05, 0) is 6.92 Å². The molecule has 4 nitrogen and oxygen atoms in total. The zero-order valence-electron chi connectivity index (χ0n) is 7.11. The van der Waals surface area contributed by atoms with Gasteiger partial charge in [-0.1, -0.05) is 0 Å². The third-order valence-corrected chi connectivity index (χ3v) is 1.18. The summed E-state index contributed by atoms with van der Waals surface area (Å²) in [5, 5.41) is 3.88. The molecular weight excluding hydrogens is 187 g/mol. The second-order valence-corrected chi connectivity index (χ2v) is 2.58. The van der Waals surface area contributed by atoms with Crippen molar-refractivity contribution < 1.29 is 18.0 Å². The molecule has 0 rings (SSSR count). The van der Waals surface area contributed by atoms with Crippen molar-refractivity contribution in [1.82, 2.24) is 10.6 Å². The summed E-state index contributed by atoms with van der Waals surface area (Å²) in [4.78, 5) is 10.7. The first-order chi connectivity index (χ1) is 5.85. The van der Waals surface area contributed by atoms with Gasteiger partial charge < -0.3 is 16.4 Å². The van der Waals surface area contributed by atoms with Crippen molar-refractivity contribution in [2.45, 2.75) is 19.1 Å². The molecule has 0 aliphatic carbocycles. The first kappa shape index (κ1) is 12.0. The van der Waals surface area contributed by atoms with E-state index >= 15 is 0 Å². The second-order valence-electron chi connectivity index (χ2n) is 2.58. The lowest BCUT2D eigenvalue weighted by Gasteiger charge is -2.13. The predicted molar refractivity (Wildman–Crippen MR) is 41.1 cm³/mol. The SMILES string of the molecule is C[C@H](CN)NC(=O)NCC(F)(F)F. The van der Waals surface area contributed by atoms with Crippen molar-refractivity contribution in [3.63, 3.8) is 0 Å². The average Bonchev–Trinajstić information content (AvgIpc) is 1.99. The molecule has 0 radical (unpaired) electrons. The minimum atomic E-state index is -4.39. The molecule has 0 aromatic rings. The summed E-state index contributed by atoms with van der Waals surface area (Å²) in [5.74, 6) is 0. The largest absolute Gasteiger partial charge is 0.405 e. The number of hydrogen-bond donors (Lipinski definition) is 3. The van der Waals surface area contributed by atoms with E-state index in [1.807, 2.05) is 0 Å². The molecule has 0 saturated heterocycles. The normalized spacial score (nSPS) is 13.6. The summed E-state index contributed by atoms with van der Waals surface area (Å²) in [7, 11) is 0. The van der Waals surface area contributed by atoms with E-state index in [0.717, 1.165) is 0 Å². The topological polar surface area (TPSA) is 67.1 Å². The Morgan fingerprint density at radius 1 is 1.54 bits per heavy atom. The Kier molecular flexibility index (Phi) is 4.53. The Bertz CT molecular complexity index is 171. The number of amides is 2. The number of rotatable bonds is 3. The average molecular weight is 199 g/mol. The van der Waals surface area contributed by atoms with Gasteiger partial charge in [0.05, 0.1) is 0 Å². The number of urea groups is 1. The molecule has 0 aromatic carbocycles. The summed E-state index contributed by atoms with van der Waals surface area (Å²) in [5.41, 5.74) is 5.14. The highest BCUT2D eigenvalue weighted by Crippen LogP contribution is 2.11. The van der Waals surface area contributed by atoms with Crippen LogP contribution in [0.25, 0.3) is 0 Å². The van der Waals surface area contributed by atoms with Crippen LogP contribution in [0.2, 0.25) is 0 Å². The molecule has 0 aliphatic rings. The number of nitrogens with one attached hydrogen (secondary N) is 2. The maximum atomic E-state index is 11.6. The van der Waals surface area contributed by atoms with E-state index in [4.69, 9.17) is 5.73 Å². The Hall–Kier alpha value is -0.980. The van der Waals surface area contributed by atoms with Gasteiger partial charge in [0, 0.05) is 12.6 Å². The van der Waals surface area contributed by atoms with Crippen LogP contribution in [0.1, 0.15) is 6.92 Å². The number of carbonyl (C=O) groups is 1. The molecule has 0 heterocycles. The Morgan fingerprint density at radius 2 is 2.08 bits per heavy atom. The molecule has 0 aromatic heterocycles. The first-order valence-electron chi connectivity index (χ1n) is 3.66. The number of alkyl halides is 3. The van der Waals surface area contributed by atoms with Crippen LogP contribution in [0.5, 0.6) is 0 Å². The van der Waals surface area contributed by atoms with Crippen LogP contribution in [0.15, 0.2) is 0 Å². The summed E-state index contributed by atoms with van der Waals surface area (Å²) in [6.07, 6.45) is -4.39. The number of nitrogens with two attached hydrogens (primary N) is 1. The smallest absolute Gasteiger partial charge is 0.334 e. The molecule has 0 fully saturated rings. The molecular formula is C6H12F3N3O. The Balaban J connectivity index is 3.64. The molecule has 0 saturated carbocycles. The van der Waals surface area contributed by atoms with Crippen molar-refractivity contribution in [3.05, 3.63) is 0 Å². The van der Waals surface area contributed by atoms with Crippen LogP contribution < -0.4 is 16.4 Å². The zero-order valence-corrected chi connectivity index (χ0v) is 7.11. The highest BCUT2D eigenvalue weighted by Gasteiger charge is 2.27. The summed E-state index contributed by atoms with van der Waals surface area (Å²) >= 11 is 0. The van der Waals surface area contributed by atoms with Crippen molar-refractivity contribution >= 4 is 6.03 Å². The van der Waals surface area contributed by atoms with Gasteiger partial charge in [-0.25, -0.2) is 4.79 Å². The van der Waals surface area contributed by atoms with E-state index in [1.165, 1.54) is 0 Å². The van der Waals surface area contributed by atoms with Crippen LogP contribution in [0, 0.1) is 0 Å². The molecule has 0 aliphatic heterocycles. The van der Waals surface area contributed by atoms with Gasteiger partial charge in [0.1, 0.15) is 6.54 Å². The molecule has 78 valence electrons. The van der Waals surface area contributed by atoms with Gasteiger partial charge in [0.25, 0.3) is 0 Å². The monoisotopic (exact) mass is 199 g/mol. The van der Waals surface area contributed by atoms with E-state index in [9.17, 15) is 18.0 Å². The van der Waals surface area contributed by atoms with Gasteiger partial charge in [-0.3, -0.25) is 0 Å². The fraction of sp³-hybridized carbons (Fsp3) is 0.833. The third kappa shape index (κ3) is 7.38. The lowest BCUT2D eigenvalue weighted by molar-refractivity contribution is -0.122. The molecule has 1 atom stereocenters. The number of carbonyl (C=O) groups excluding carboxylic acids is 1. The second kappa shape index (κ2) is 4.90. The summed E-state index contributed by atoms with van der Waals surface area (Å²) in [6, 6.07) is -1.21. The number of halogens is 3. The van der Waals surface area contributed by atoms with Gasteiger partial charge in [-0.15, -0.1) is 0 Å². The molecule has 4 N–H and O–H groups in total. The van der Waals surface area contributed by atoms with Crippen LogP contribution in [0.3, 0.4) is 0 Å². The standard InChI is InChI=1S/C6H12F3N3O/c1-4(2-10)12-5(13)11-3-6(7,8)9/h4H,2-3,10H2,1H3,(H2,11,12,13)/t4-/m1/s1. The van der Waals surface area contributed by atoms with E-state index in [0.29, 0.717) is 0 Å². The van der Waals surface area contributed by atoms with Crippen LogP contribution in [0.4, 0.5) is 18.0 Å². The van der Waals surface area contributed by atoms with Crippen molar-refractivity contribution in [1.29, 1.82) is 0 Å². The Labute approximate surface area is 73.7 Å². The number of hydrogen-bond acceptors (Lipinski definition) is 2. The zero-order chi connectivity index (χ0) is 10.5. The minimum Gasteiger partial charge on any atom is -0.334 e. The molecule has 0 unspecified atom stereocenters. The fourth-order valence-electron chi connectivity index (χ4n) is 0.514. The van der Waals surface area contributed by atoms with Gasteiger partial charge in [0.2, 0.25) is 0 Å². The highest BCUT2D eigenvalue weighted by atomic mass is 19.4. The Morgan fingerprint density at radius 3 is 2.46 bits per heavy atom. The maximum Gasteiger partial charge on any atom is 0.405 e. The molecule has 2 amide bonds. The quantitative estimate of drug-likeness (QED) is 0.607. The van der Waals surface area contributed by atoms with Crippen molar-refractivity contribution in [3.8, 4) is 0 Å². The highest BCUT2D eigenvalue weighted by molar-refractivity contribution is 5.74. The molecule has 7 heteroatoms. The molecule has 0 spiro atoms. The predicted octanol–water partition coefficient (Wildman–Crippen LogP) is 0.195.